The second kappa shape index (κ2) is 17.9. The van der Waals surface area contributed by atoms with Crippen molar-refractivity contribution in [3.05, 3.63) is 72.4 Å². The number of amides is 1. The van der Waals surface area contributed by atoms with Gasteiger partial charge in [0.05, 0.1) is 7.11 Å². The van der Waals surface area contributed by atoms with Crippen LogP contribution < -0.4 is 10.1 Å². The third kappa shape index (κ3) is 13.5. The minimum atomic E-state index is 0.0115. The number of carbonyl (C=O) groups excluding carboxylic acids is 1. The van der Waals surface area contributed by atoms with E-state index < -0.39 is 0 Å². The number of phenolic OH excluding ortho intramolecular Hbond substituents is 1. The second-order valence-corrected chi connectivity index (χ2v) is 7.95. The Kier molecular flexibility index (Phi) is 15.2. The van der Waals surface area contributed by atoms with Crippen molar-refractivity contribution in [3.63, 3.8) is 0 Å². The van der Waals surface area contributed by atoms with Crippen LogP contribution in [0.1, 0.15) is 70.8 Å². The Labute approximate surface area is 194 Å². The molecule has 0 spiro atoms. The van der Waals surface area contributed by atoms with Crippen molar-refractivity contribution < 1.29 is 14.6 Å². The molecule has 1 aromatic carbocycles. The largest absolute Gasteiger partial charge is 0.504 e. The Bertz CT molecular complexity index is 762. The highest BCUT2D eigenvalue weighted by Crippen LogP contribution is 2.26. The van der Waals surface area contributed by atoms with Crippen LogP contribution in [-0.4, -0.2) is 24.2 Å². The van der Waals surface area contributed by atoms with Crippen molar-refractivity contribution in [2.45, 2.75) is 77.7 Å². The molecule has 0 aromatic heterocycles. The lowest BCUT2D eigenvalue weighted by Gasteiger charge is -2.14. The molecular formula is C28H41NO3. The van der Waals surface area contributed by atoms with Gasteiger partial charge in [0.25, 0.3) is 0 Å². The Morgan fingerprint density at radius 3 is 2.16 bits per heavy atom. The molecule has 2 N–H and O–H groups in total. The fourth-order valence-corrected chi connectivity index (χ4v) is 3.21. The molecule has 1 rings (SSSR count). The standard InChI is InChI=1S/C28H41NO3/c1-4-5-6-7-8-9-10-11-12-13-14-15-16-17-18-19-28(31)29-24(2)22-25-20-21-27(32-3)26(30)23-25/h6-7,9-10,12-13,15-16,20-21,23-24,30H,4-5,8,11,14,17-19,22H2,1-3H3,(H,29,31)/b7-6-,10-9-,13-12-,16-15-. The number of nitrogens with one attached hydrogen (secondary N) is 1. The zero-order valence-electron chi connectivity index (χ0n) is 20.1. The minimum absolute atomic E-state index is 0.0115. The van der Waals surface area contributed by atoms with Gasteiger partial charge >= 0.3 is 0 Å². The number of unbranched alkanes of at least 4 members (excludes halogenated alkanes) is 2. The first-order valence-corrected chi connectivity index (χ1v) is 11.8. The first-order valence-electron chi connectivity index (χ1n) is 11.8. The number of rotatable bonds is 16. The number of ether oxygens (including phenoxy) is 1. The van der Waals surface area contributed by atoms with Crippen LogP contribution >= 0.6 is 0 Å². The van der Waals surface area contributed by atoms with Gasteiger partial charge in [0.15, 0.2) is 11.5 Å². The normalized spacial score (nSPS) is 13.0. The maximum absolute atomic E-state index is 12.1. The van der Waals surface area contributed by atoms with E-state index in [9.17, 15) is 9.90 Å². The molecule has 0 aliphatic rings. The van der Waals surface area contributed by atoms with E-state index >= 15 is 0 Å². The van der Waals surface area contributed by atoms with Gasteiger partial charge in [-0.3, -0.25) is 4.79 Å². The fraction of sp³-hybridized carbons (Fsp3) is 0.464. The molecule has 1 unspecified atom stereocenters. The van der Waals surface area contributed by atoms with Crippen LogP contribution in [0, 0.1) is 0 Å². The number of hydrogen-bond donors (Lipinski definition) is 2. The van der Waals surface area contributed by atoms with Crippen LogP contribution in [0.5, 0.6) is 11.5 Å². The fourth-order valence-electron chi connectivity index (χ4n) is 3.21. The van der Waals surface area contributed by atoms with E-state index in [4.69, 9.17) is 4.74 Å². The molecule has 32 heavy (non-hydrogen) atoms. The summed E-state index contributed by atoms with van der Waals surface area (Å²) < 4.78 is 5.06. The van der Waals surface area contributed by atoms with E-state index in [2.05, 4.69) is 60.8 Å². The zero-order valence-corrected chi connectivity index (χ0v) is 20.1. The summed E-state index contributed by atoms with van der Waals surface area (Å²) in [4.78, 5) is 12.1. The average Bonchev–Trinajstić information content (AvgIpc) is 2.76. The molecule has 0 aliphatic carbocycles. The molecule has 4 nitrogen and oxygen atoms in total. The number of phenols is 1. The van der Waals surface area contributed by atoms with Crippen molar-refractivity contribution in [3.8, 4) is 11.5 Å². The van der Waals surface area contributed by atoms with Gasteiger partial charge < -0.3 is 15.2 Å². The maximum atomic E-state index is 12.1. The first kappa shape index (κ1) is 27.3. The van der Waals surface area contributed by atoms with E-state index in [0.29, 0.717) is 18.6 Å². The Morgan fingerprint density at radius 1 is 1.00 bits per heavy atom. The molecule has 4 heteroatoms. The number of aromatic hydroxyl groups is 1. The van der Waals surface area contributed by atoms with Gasteiger partial charge in [-0.25, -0.2) is 0 Å². The Hall–Kier alpha value is -2.75. The van der Waals surface area contributed by atoms with Crippen LogP contribution in [0.25, 0.3) is 0 Å². The number of hydrogen-bond acceptors (Lipinski definition) is 3. The lowest BCUT2D eigenvalue weighted by molar-refractivity contribution is -0.121. The van der Waals surface area contributed by atoms with Crippen LogP contribution in [0.2, 0.25) is 0 Å². The second-order valence-electron chi connectivity index (χ2n) is 7.95. The summed E-state index contributed by atoms with van der Waals surface area (Å²) in [6.45, 7) is 4.17. The topological polar surface area (TPSA) is 58.6 Å². The van der Waals surface area contributed by atoms with Crippen molar-refractivity contribution in [2.24, 2.45) is 0 Å². The summed E-state index contributed by atoms with van der Waals surface area (Å²) in [6, 6.07) is 5.34. The molecule has 0 saturated heterocycles. The molecule has 0 heterocycles. The Balaban J connectivity index is 2.10. The van der Waals surface area contributed by atoms with Crippen molar-refractivity contribution in [1.82, 2.24) is 5.32 Å². The van der Waals surface area contributed by atoms with Gasteiger partial charge in [-0.15, -0.1) is 0 Å². The molecule has 0 saturated carbocycles. The summed E-state index contributed by atoms with van der Waals surface area (Å²) >= 11 is 0. The first-order chi connectivity index (χ1) is 15.6. The van der Waals surface area contributed by atoms with Crippen molar-refractivity contribution >= 4 is 5.91 Å². The molecule has 0 radical (unpaired) electrons. The molecule has 0 fully saturated rings. The van der Waals surface area contributed by atoms with E-state index in [1.54, 1.807) is 12.1 Å². The van der Waals surface area contributed by atoms with Crippen LogP contribution in [0.15, 0.2) is 66.8 Å². The molecule has 176 valence electrons. The molecule has 1 atom stereocenters. The lowest BCUT2D eigenvalue weighted by atomic mass is 10.1. The molecule has 1 amide bonds. The summed E-state index contributed by atoms with van der Waals surface area (Å²) in [6.07, 6.45) is 25.8. The molecule has 1 aromatic rings. The van der Waals surface area contributed by atoms with E-state index in [-0.39, 0.29) is 17.7 Å². The molecular weight excluding hydrogens is 398 g/mol. The SMILES string of the molecule is CCC/C=C\C/C=C\C/C=C\C/C=C\CCCC(=O)NC(C)Cc1ccc(OC)c(O)c1. The highest BCUT2D eigenvalue weighted by atomic mass is 16.5. The number of allylic oxidation sites excluding steroid dienone is 8. The lowest BCUT2D eigenvalue weighted by Crippen LogP contribution is -2.33. The summed E-state index contributed by atoms with van der Waals surface area (Å²) in [5.74, 6) is 0.647. The highest BCUT2D eigenvalue weighted by Gasteiger charge is 2.09. The third-order valence-electron chi connectivity index (χ3n) is 4.91. The predicted molar refractivity (Wildman–Crippen MR) is 135 cm³/mol. The van der Waals surface area contributed by atoms with Crippen LogP contribution in [0.3, 0.4) is 0 Å². The zero-order chi connectivity index (χ0) is 23.4. The minimum Gasteiger partial charge on any atom is -0.504 e. The predicted octanol–water partition coefficient (Wildman–Crippen LogP) is 6.81. The van der Waals surface area contributed by atoms with Crippen molar-refractivity contribution in [1.29, 1.82) is 0 Å². The van der Waals surface area contributed by atoms with Gasteiger partial charge in [-0.2, -0.15) is 0 Å². The average molecular weight is 440 g/mol. The van der Waals surface area contributed by atoms with Gasteiger partial charge in [0.2, 0.25) is 5.91 Å². The highest BCUT2D eigenvalue weighted by molar-refractivity contribution is 5.76. The van der Waals surface area contributed by atoms with Crippen LogP contribution in [-0.2, 0) is 11.2 Å². The Morgan fingerprint density at radius 2 is 1.59 bits per heavy atom. The summed E-state index contributed by atoms with van der Waals surface area (Å²) in [7, 11) is 1.53. The summed E-state index contributed by atoms with van der Waals surface area (Å²) in [5, 5.41) is 12.9. The molecule has 0 bridgehead atoms. The smallest absolute Gasteiger partial charge is 0.220 e. The van der Waals surface area contributed by atoms with Gasteiger partial charge in [0.1, 0.15) is 0 Å². The quantitative estimate of drug-likeness (QED) is 0.220. The van der Waals surface area contributed by atoms with Gasteiger partial charge in [-0.05, 0) is 69.6 Å². The number of benzene rings is 1. The maximum Gasteiger partial charge on any atom is 0.220 e. The third-order valence-corrected chi connectivity index (χ3v) is 4.91. The summed E-state index contributed by atoms with van der Waals surface area (Å²) in [5.41, 5.74) is 0.964. The number of carbonyl (C=O) groups is 1. The van der Waals surface area contributed by atoms with Gasteiger partial charge in [0, 0.05) is 12.5 Å². The van der Waals surface area contributed by atoms with Gasteiger partial charge in [-0.1, -0.05) is 68.0 Å². The van der Waals surface area contributed by atoms with E-state index in [1.807, 2.05) is 13.0 Å². The van der Waals surface area contributed by atoms with Crippen LogP contribution in [0.4, 0.5) is 0 Å². The van der Waals surface area contributed by atoms with Crippen molar-refractivity contribution in [2.75, 3.05) is 7.11 Å². The monoisotopic (exact) mass is 439 g/mol. The van der Waals surface area contributed by atoms with E-state index in [1.165, 1.54) is 20.0 Å². The number of methoxy groups -OCH3 is 1. The van der Waals surface area contributed by atoms with E-state index in [0.717, 1.165) is 37.7 Å². The molecule has 0 aliphatic heterocycles.